The van der Waals surface area contributed by atoms with Crippen molar-refractivity contribution in [2.75, 3.05) is 12.4 Å². The largest absolute Gasteiger partial charge is 0.481 e. The molecule has 0 fully saturated rings. The molecule has 1 N–H and O–H groups in total. The minimum atomic E-state index is -0.366. The number of nitrogens with one attached hydrogen (secondary N) is 1. The Hall–Kier alpha value is -3.41. The molecule has 0 saturated heterocycles. The minimum absolute atomic E-state index is 0.283. The summed E-state index contributed by atoms with van der Waals surface area (Å²) in [5.74, 6) is 0.731. The van der Waals surface area contributed by atoms with Gasteiger partial charge in [-0.05, 0) is 42.5 Å². The molecule has 1 aromatic heterocycles. The molecule has 0 aliphatic rings. The monoisotopic (exact) mass is 338 g/mol. The molecule has 1 heterocycles. The lowest BCUT2D eigenvalue weighted by Crippen LogP contribution is -2.12. The number of nitrogens with zero attached hydrogens (tertiary/aromatic N) is 1. The molecular formula is C19H15FN2O3. The maximum atomic E-state index is 13.1. The summed E-state index contributed by atoms with van der Waals surface area (Å²) in [4.78, 5) is 16.2. The molecule has 0 bridgehead atoms. The van der Waals surface area contributed by atoms with Gasteiger partial charge in [-0.2, -0.15) is 0 Å². The van der Waals surface area contributed by atoms with Crippen LogP contribution in [0.3, 0.4) is 0 Å². The van der Waals surface area contributed by atoms with Gasteiger partial charge in [0.25, 0.3) is 5.91 Å². The topological polar surface area (TPSA) is 60.5 Å². The van der Waals surface area contributed by atoms with Crippen molar-refractivity contribution >= 4 is 11.6 Å². The molecule has 0 unspecified atom stereocenters. The zero-order valence-corrected chi connectivity index (χ0v) is 13.4. The van der Waals surface area contributed by atoms with E-state index in [1.807, 2.05) is 0 Å². The van der Waals surface area contributed by atoms with Gasteiger partial charge >= 0.3 is 0 Å². The molecule has 1 amide bonds. The van der Waals surface area contributed by atoms with Crippen LogP contribution in [0.15, 0.2) is 66.9 Å². The molecule has 0 aliphatic heterocycles. The number of hydrogen-bond acceptors (Lipinski definition) is 4. The Kier molecular flexibility index (Phi) is 4.89. The fraction of sp³-hybridized carbons (Fsp3) is 0.0526. The zero-order chi connectivity index (χ0) is 17.6. The quantitative estimate of drug-likeness (QED) is 0.754. The van der Waals surface area contributed by atoms with Crippen LogP contribution in [0, 0.1) is 5.82 Å². The molecule has 25 heavy (non-hydrogen) atoms. The van der Waals surface area contributed by atoms with Gasteiger partial charge in [0, 0.05) is 24.0 Å². The predicted octanol–water partition coefficient (Wildman–Crippen LogP) is 4.27. The van der Waals surface area contributed by atoms with Crippen LogP contribution in [0.4, 0.5) is 10.1 Å². The first kappa shape index (κ1) is 16.4. The summed E-state index contributed by atoms with van der Waals surface area (Å²) < 4.78 is 23.7. The van der Waals surface area contributed by atoms with E-state index in [1.165, 1.54) is 25.4 Å². The van der Waals surface area contributed by atoms with Crippen molar-refractivity contribution in [2.45, 2.75) is 0 Å². The van der Waals surface area contributed by atoms with Crippen LogP contribution in [-0.4, -0.2) is 18.0 Å². The maximum Gasteiger partial charge on any atom is 0.257 e. The number of aromatic nitrogens is 1. The second-order valence-corrected chi connectivity index (χ2v) is 5.13. The first-order chi connectivity index (χ1) is 12.1. The van der Waals surface area contributed by atoms with Crippen LogP contribution >= 0.6 is 0 Å². The first-order valence-corrected chi connectivity index (χ1v) is 7.49. The molecule has 3 rings (SSSR count). The van der Waals surface area contributed by atoms with Gasteiger partial charge < -0.3 is 14.8 Å². The summed E-state index contributed by atoms with van der Waals surface area (Å²) in [5.41, 5.74) is 1.02. The highest BCUT2D eigenvalue weighted by Crippen LogP contribution is 2.23. The van der Waals surface area contributed by atoms with Gasteiger partial charge in [0.2, 0.25) is 5.88 Å². The average Bonchev–Trinajstić information content (AvgIpc) is 2.63. The number of carbonyl (C=O) groups is 1. The third kappa shape index (κ3) is 4.32. The third-order valence-electron chi connectivity index (χ3n) is 3.35. The molecule has 6 heteroatoms. The first-order valence-electron chi connectivity index (χ1n) is 7.49. The molecule has 0 radical (unpaired) electrons. The molecule has 126 valence electrons. The Balaban J connectivity index is 1.64. The molecule has 2 aromatic carbocycles. The van der Waals surface area contributed by atoms with Crippen LogP contribution in [-0.2, 0) is 0 Å². The van der Waals surface area contributed by atoms with E-state index in [-0.39, 0.29) is 11.7 Å². The van der Waals surface area contributed by atoms with Crippen LogP contribution in [0.5, 0.6) is 17.4 Å². The van der Waals surface area contributed by atoms with Gasteiger partial charge in [0.05, 0.1) is 12.7 Å². The number of ether oxygens (including phenoxy) is 2. The average molecular weight is 338 g/mol. The van der Waals surface area contributed by atoms with Crippen LogP contribution in [0.2, 0.25) is 0 Å². The molecule has 0 atom stereocenters. The van der Waals surface area contributed by atoms with E-state index in [0.717, 1.165) is 0 Å². The number of hydrogen-bond donors (Lipinski definition) is 1. The second-order valence-electron chi connectivity index (χ2n) is 5.13. The van der Waals surface area contributed by atoms with Crippen molar-refractivity contribution in [1.82, 2.24) is 4.98 Å². The summed E-state index contributed by atoms with van der Waals surface area (Å²) in [6.07, 6.45) is 1.44. The lowest BCUT2D eigenvalue weighted by Gasteiger charge is -2.08. The van der Waals surface area contributed by atoms with Gasteiger partial charge in [-0.15, -0.1) is 0 Å². The van der Waals surface area contributed by atoms with E-state index in [0.29, 0.717) is 28.6 Å². The fourth-order valence-electron chi connectivity index (χ4n) is 2.11. The predicted molar refractivity (Wildman–Crippen MR) is 91.7 cm³/mol. The number of pyridine rings is 1. The number of halogens is 1. The molecular weight excluding hydrogens is 323 g/mol. The highest BCUT2D eigenvalue weighted by molar-refractivity contribution is 6.04. The number of benzene rings is 2. The lowest BCUT2D eigenvalue weighted by atomic mass is 10.2. The number of amides is 1. The SMILES string of the molecule is COc1ccc(C(=O)Nc2ccc(Oc3cccc(F)c3)cc2)cn1. The van der Waals surface area contributed by atoms with Crippen LogP contribution < -0.4 is 14.8 Å². The van der Waals surface area contributed by atoms with Gasteiger partial charge in [-0.1, -0.05) is 6.07 Å². The third-order valence-corrected chi connectivity index (χ3v) is 3.35. The Bertz CT molecular complexity index is 865. The highest BCUT2D eigenvalue weighted by Gasteiger charge is 2.07. The standard InChI is InChI=1S/C19H15FN2O3/c1-24-18-10-5-13(12-21-18)19(23)22-15-6-8-16(9-7-15)25-17-4-2-3-14(20)11-17/h2-12H,1H3,(H,22,23). The van der Waals surface area contributed by atoms with Gasteiger partial charge in [0.1, 0.15) is 17.3 Å². The summed E-state index contributed by atoms with van der Waals surface area (Å²) in [6, 6.07) is 15.9. The summed E-state index contributed by atoms with van der Waals surface area (Å²) in [5, 5.41) is 2.76. The Morgan fingerprint density at radius 2 is 1.84 bits per heavy atom. The summed E-state index contributed by atoms with van der Waals surface area (Å²) >= 11 is 0. The van der Waals surface area contributed by atoms with E-state index >= 15 is 0 Å². The van der Waals surface area contributed by atoms with Gasteiger partial charge in [-0.3, -0.25) is 4.79 Å². The second kappa shape index (κ2) is 7.44. The Morgan fingerprint density at radius 3 is 2.48 bits per heavy atom. The number of rotatable bonds is 5. The van der Waals surface area contributed by atoms with Crippen LogP contribution in [0.25, 0.3) is 0 Å². The van der Waals surface area contributed by atoms with E-state index in [4.69, 9.17) is 9.47 Å². The molecule has 0 spiro atoms. The van der Waals surface area contributed by atoms with Crippen LogP contribution in [0.1, 0.15) is 10.4 Å². The molecule has 3 aromatic rings. The summed E-state index contributed by atoms with van der Waals surface area (Å²) in [6.45, 7) is 0. The highest BCUT2D eigenvalue weighted by atomic mass is 19.1. The number of methoxy groups -OCH3 is 1. The zero-order valence-electron chi connectivity index (χ0n) is 13.4. The van der Waals surface area contributed by atoms with Crippen molar-refractivity contribution in [3.8, 4) is 17.4 Å². The van der Waals surface area contributed by atoms with Crippen molar-refractivity contribution in [1.29, 1.82) is 0 Å². The van der Waals surface area contributed by atoms with E-state index in [1.54, 1.807) is 48.5 Å². The molecule has 5 nitrogen and oxygen atoms in total. The lowest BCUT2D eigenvalue weighted by molar-refractivity contribution is 0.102. The normalized spacial score (nSPS) is 10.2. The fourth-order valence-corrected chi connectivity index (χ4v) is 2.11. The smallest absolute Gasteiger partial charge is 0.257 e. The number of carbonyl (C=O) groups excluding carboxylic acids is 1. The van der Waals surface area contributed by atoms with Crippen molar-refractivity contribution in [3.05, 3.63) is 78.2 Å². The van der Waals surface area contributed by atoms with Crippen molar-refractivity contribution in [3.63, 3.8) is 0 Å². The van der Waals surface area contributed by atoms with Gasteiger partial charge in [0.15, 0.2) is 0 Å². The molecule has 0 saturated carbocycles. The summed E-state index contributed by atoms with van der Waals surface area (Å²) in [7, 11) is 1.51. The minimum Gasteiger partial charge on any atom is -0.481 e. The van der Waals surface area contributed by atoms with E-state index in [2.05, 4.69) is 10.3 Å². The van der Waals surface area contributed by atoms with E-state index < -0.39 is 0 Å². The van der Waals surface area contributed by atoms with E-state index in [9.17, 15) is 9.18 Å². The van der Waals surface area contributed by atoms with Gasteiger partial charge in [-0.25, -0.2) is 9.37 Å². The molecule has 0 aliphatic carbocycles. The van der Waals surface area contributed by atoms with Crippen molar-refractivity contribution in [2.24, 2.45) is 0 Å². The maximum absolute atomic E-state index is 13.1. The number of anilines is 1. The Labute approximate surface area is 144 Å². The Morgan fingerprint density at radius 1 is 1.04 bits per heavy atom. The van der Waals surface area contributed by atoms with Crippen molar-refractivity contribution < 1.29 is 18.7 Å².